The van der Waals surface area contributed by atoms with Gasteiger partial charge in [-0.1, -0.05) is 0 Å². The number of hydrogen-bond acceptors (Lipinski definition) is 6. The van der Waals surface area contributed by atoms with Crippen molar-refractivity contribution in [3.8, 4) is 0 Å². The predicted molar refractivity (Wildman–Crippen MR) is 84.8 cm³/mol. The van der Waals surface area contributed by atoms with Crippen LogP contribution in [0.5, 0.6) is 0 Å². The molecule has 126 valence electrons. The maximum atomic E-state index is 12.5. The van der Waals surface area contributed by atoms with Crippen LogP contribution in [0.1, 0.15) is 12.8 Å². The Bertz CT molecular complexity index is 843. The summed E-state index contributed by atoms with van der Waals surface area (Å²) in [6.07, 6.45) is 1.06. The summed E-state index contributed by atoms with van der Waals surface area (Å²) >= 11 is 0. The van der Waals surface area contributed by atoms with Crippen molar-refractivity contribution in [2.45, 2.75) is 25.5 Å². The number of rotatable bonds is 4. The van der Waals surface area contributed by atoms with Crippen LogP contribution >= 0.6 is 0 Å². The van der Waals surface area contributed by atoms with E-state index >= 15 is 0 Å². The van der Waals surface area contributed by atoms with Crippen molar-refractivity contribution in [1.29, 1.82) is 0 Å². The highest BCUT2D eigenvalue weighted by Gasteiger charge is 2.25. The lowest BCUT2D eigenvalue weighted by molar-refractivity contribution is 0.0823. The molecule has 9 heteroatoms. The molecule has 0 bridgehead atoms. The Kier molecular flexibility index (Phi) is 3.99. The molecule has 3 rings (SSSR count). The molecule has 9 nitrogen and oxygen atoms in total. The molecule has 0 aliphatic carbocycles. The summed E-state index contributed by atoms with van der Waals surface area (Å²) in [5, 5.41) is 19.0. The Morgan fingerprint density at radius 1 is 1.17 bits per heavy atom. The first-order valence-electron chi connectivity index (χ1n) is 7.65. The number of nitrogens with zero attached hydrogens (tertiary/aromatic N) is 5. The molecule has 1 fully saturated rings. The second kappa shape index (κ2) is 5.82. The summed E-state index contributed by atoms with van der Waals surface area (Å²) in [7, 11) is 2.98. The third-order valence-corrected chi connectivity index (χ3v) is 4.32. The minimum atomic E-state index is -1.00. The number of fused-ring (bicyclic) bond motifs is 1. The monoisotopic (exact) mass is 323 g/mol. The van der Waals surface area contributed by atoms with Crippen LogP contribution < -0.4 is 16.1 Å². The smallest absolute Gasteiger partial charge is 0.332 e. The first kappa shape index (κ1) is 15.8. The van der Waals surface area contributed by atoms with Crippen molar-refractivity contribution in [3.63, 3.8) is 0 Å². The predicted octanol–water partition coefficient (Wildman–Crippen LogP) is -1.61. The summed E-state index contributed by atoms with van der Waals surface area (Å²) in [5.74, 6) is 0.559. The second-order valence-corrected chi connectivity index (χ2v) is 5.93. The molecule has 0 spiro atoms. The number of hydrogen-bond donors (Lipinski definition) is 2. The lowest BCUT2D eigenvalue weighted by Crippen LogP contribution is -2.38. The number of aliphatic hydroxyl groups excluding tert-OH is 2. The van der Waals surface area contributed by atoms with Gasteiger partial charge in [-0.05, 0) is 12.8 Å². The van der Waals surface area contributed by atoms with Crippen LogP contribution in [0.4, 0.5) is 5.95 Å². The van der Waals surface area contributed by atoms with Crippen molar-refractivity contribution in [3.05, 3.63) is 20.8 Å². The molecule has 2 aromatic heterocycles. The van der Waals surface area contributed by atoms with Gasteiger partial charge in [0.1, 0.15) is 0 Å². The van der Waals surface area contributed by atoms with Gasteiger partial charge in [-0.3, -0.25) is 13.9 Å². The van der Waals surface area contributed by atoms with Crippen LogP contribution in [0.3, 0.4) is 0 Å². The van der Waals surface area contributed by atoms with Gasteiger partial charge in [0.05, 0.1) is 19.3 Å². The van der Waals surface area contributed by atoms with E-state index in [1.807, 2.05) is 4.90 Å². The molecule has 1 aliphatic heterocycles. The molecular weight excluding hydrogens is 302 g/mol. The van der Waals surface area contributed by atoms with Gasteiger partial charge in [0.15, 0.2) is 11.2 Å². The summed E-state index contributed by atoms with van der Waals surface area (Å²) in [5.41, 5.74) is -0.330. The van der Waals surface area contributed by atoms with Crippen molar-refractivity contribution >= 4 is 17.1 Å². The fourth-order valence-corrected chi connectivity index (χ4v) is 3.03. The Morgan fingerprint density at radius 2 is 1.83 bits per heavy atom. The molecule has 0 amide bonds. The Balaban J connectivity index is 2.31. The van der Waals surface area contributed by atoms with Crippen LogP contribution in [0.15, 0.2) is 9.59 Å². The van der Waals surface area contributed by atoms with E-state index in [-0.39, 0.29) is 12.1 Å². The lowest BCUT2D eigenvalue weighted by Gasteiger charge is -2.19. The lowest BCUT2D eigenvalue weighted by atomic mass is 10.3. The fourth-order valence-electron chi connectivity index (χ4n) is 3.03. The van der Waals surface area contributed by atoms with E-state index in [0.29, 0.717) is 11.6 Å². The largest absolute Gasteiger partial charge is 0.394 e. The normalized spacial score (nSPS) is 16.4. The minimum Gasteiger partial charge on any atom is -0.394 e. The number of imidazole rings is 1. The summed E-state index contributed by atoms with van der Waals surface area (Å²) in [6, 6.07) is 0. The zero-order chi connectivity index (χ0) is 16.7. The van der Waals surface area contributed by atoms with E-state index in [2.05, 4.69) is 4.98 Å². The van der Waals surface area contributed by atoms with Gasteiger partial charge in [-0.2, -0.15) is 4.98 Å². The molecule has 1 atom stereocenters. The van der Waals surface area contributed by atoms with E-state index < -0.39 is 24.0 Å². The molecule has 2 aromatic rings. The van der Waals surface area contributed by atoms with Crippen LogP contribution in [0, 0.1) is 0 Å². The molecule has 1 saturated heterocycles. The van der Waals surface area contributed by atoms with E-state index in [0.717, 1.165) is 30.5 Å². The maximum absolute atomic E-state index is 12.5. The van der Waals surface area contributed by atoms with E-state index in [4.69, 9.17) is 5.11 Å². The zero-order valence-corrected chi connectivity index (χ0v) is 13.3. The highest BCUT2D eigenvalue weighted by molar-refractivity contribution is 5.74. The van der Waals surface area contributed by atoms with Crippen LogP contribution in [0.25, 0.3) is 11.2 Å². The maximum Gasteiger partial charge on any atom is 0.332 e. The first-order valence-corrected chi connectivity index (χ1v) is 7.65. The number of aromatic nitrogens is 4. The van der Waals surface area contributed by atoms with Gasteiger partial charge in [-0.15, -0.1) is 0 Å². The van der Waals surface area contributed by atoms with Gasteiger partial charge < -0.3 is 19.7 Å². The summed E-state index contributed by atoms with van der Waals surface area (Å²) in [4.78, 5) is 31.2. The molecule has 0 aromatic carbocycles. The average Bonchev–Trinajstić information content (AvgIpc) is 3.18. The van der Waals surface area contributed by atoms with E-state index in [1.54, 1.807) is 11.6 Å². The first-order chi connectivity index (χ1) is 11.0. The highest BCUT2D eigenvalue weighted by Crippen LogP contribution is 2.23. The number of aliphatic hydroxyl groups is 2. The van der Waals surface area contributed by atoms with E-state index in [9.17, 15) is 14.7 Å². The molecular formula is C14H21N5O4. The Hall–Kier alpha value is -2.13. The highest BCUT2D eigenvalue weighted by atomic mass is 16.3. The van der Waals surface area contributed by atoms with Gasteiger partial charge >= 0.3 is 5.69 Å². The summed E-state index contributed by atoms with van der Waals surface area (Å²) in [6.45, 7) is 1.26. The van der Waals surface area contributed by atoms with Gasteiger partial charge in [0, 0.05) is 27.2 Å². The number of anilines is 1. The second-order valence-electron chi connectivity index (χ2n) is 5.93. The van der Waals surface area contributed by atoms with Gasteiger partial charge in [0.2, 0.25) is 5.95 Å². The standard InChI is InChI=1S/C14H21N5O4/c1-16-11-10(12(22)17(2)14(16)23)19(7-9(21)8-20)13(15-11)18-5-3-4-6-18/h9,20-21H,3-8H2,1-2H3/t9-/m0/s1. The van der Waals surface area contributed by atoms with Crippen molar-refractivity contribution in [1.82, 2.24) is 18.7 Å². The van der Waals surface area contributed by atoms with Crippen LogP contribution in [0.2, 0.25) is 0 Å². The molecule has 23 heavy (non-hydrogen) atoms. The zero-order valence-electron chi connectivity index (χ0n) is 13.3. The average molecular weight is 323 g/mol. The van der Waals surface area contributed by atoms with Crippen molar-refractivity contribution in [2.24, 2.45) is 14.1 Å². The Morgan fingerprint density at radius 3 is 2.43 bits per heavy atom. The molecule has 0 radical (unpaired) electrons. The molecule has 2 N–H and O–H groups in total. The molecule has 0 saturated carbocycles. The minimum absolute atomic E-state index is 0.0479. The quantitative estimate of drug-likeness (QED) is 0.701. The van der Waals surface area contributed by atoms with E-state index in [1.165, 1.54) is 11.6 Å². The van der Waals surface area contributed by atoms with Crippen molar-refractivity contribution in [2.75, 3.05) is 24.6 Å². The third-order valence-electron chi connectivity index (χ3n) is 4.32. The van der Waals surface area contributed by atoms with Crippen LogP contribution in [-0.4, -0.2) is 54.7 Å². The molecule has 0 unspecified atom stereocenters. The topological polar surface area (TPSA) is 106 Å². The van der Waals surface area contributed by atoms with Gasteiger partial charge in [0.25, 0.3) is 5.56 Å². The van der Waals surface area contributed by atoms with Crippen LogP contribution in [-0.2, 0) is 20.6 Å². The summed E-state index contributed by atoms with van der Waals surface area (Å²) < 4.78 is 3.97. The third kappa shape index (κ3) is 2.45. The fraction of sp³-hybridized carbons (Fsp3) is 0.643. The Labute approximate surface area is 132 Å². The van der Waals surface area contributed by atoms with Gasteiger partial charge in [-0.25, -0.2) is 4.79 Å². The van der Waals surface area contributed by atoms with Crippen molar-refractivity contribution < 1.29 is 10.2 Å². The molecule has 1 aliphatic rings. The number of aryl methyl sites for hydroxylation is 1. The SMILES string of the molecule is Cn1c(=O)c2c(nc(N3CCCC3)n2C[C@H](O)CO)n(C)c1=O. The molecule has 3 heterocycles.